The monoisotopic (exact) mass is 316 g/mol. The van der Waals surface area contributed by atoms with Gasteiger partial charge in [-0.3, -0.25) is 0 Å². The van der Waals surface area contributed by atoms with Gasteiger partial charge < -0.3 is 14.0 Å². The average molecular weight is 316 g/mol. The lowest BCUT2D eigenvalue weighted by atomic mass is 9.79. The highest BCUT2D eigenvalue weighted by molar-refractivity contribution is 6.62. The molecule has 1 aliphatic rings. The lowest BCUT2D eigenvalue weighted by Crippen LogP contribution is -2.41. The number of hydrogen-bond donors (Lipinski definition) is 0. The van der Waals surface area contributed by atoms with Crippen molar-refractivity contribution < 1.29 is 27.2 Å². The molecule has 3 nitrogen and oxygen atoms in total. The van der Waals surface area contributed by atoms with Gasteiger partial charge in [-0.15, -0.1) is 0 Å². The summed E-state index contributed by atoms with van der Waals surface area (Å²) in [6.45, 7) is 7.45. The molecular formula is C15H20BF3O3. The minimum atomic E-state index is -4.21. The third kappa shape index (κ3) is 3.95. The molecule has 0 saturated carbocycles. The van der Waals surface area contributed by atoms with Crippen molar-refractivity contribution in [1.82, 2.24) is 0 Å². The molecule has 0 aromatic heterocycles. The van der Waals surface area contributed by atoms with Crippen LogP contribution in [0.2, 0.25) is 0 Å². The van der Waals surface area contributed by atoms with Crippen molar-refractivity contribution in [2.75, 3.05) is 6.61 Å². The van der Waals surface area contributed by atoms with Gasteiger partial charge >= 0.3 is 13.3 Å². The third-order valence-corrected chi connectivity index (χ3v) is 4.06. The maximum atomic E-state index is 12.1. The zero-order chi connectivity index (χ0) is 16.6. The number of rotatable bonds is 4. The molecule has 122 valence electrons. The summed E-state index contributed by atoms with van der Waals surface area (Å²) >= 11 is 0. The highest BCUT2D eigenvalue weighted by Gasteiger charge is 2.51. The van der Waals surface area contributed by atoms with E-state index >= 15 is 0 Å². The summed E-state index contributed by atoms with van der Waals surface area (Å²) in [5.74, 6) is 0.393. The number of hydrogen-bond acceptors (Lipinski definition) is 3. The smallest absolute Gasteiger partial charge is 0.493 e. The lowest BCUT2D eigenvalue weighted by Gasteiger charge is -2.32. The molecule has 0 amide bonds. The van der Waals surface area contributed by atoms with E-state index in [-0.39, 0.29) is 6.61 Å². The van der Waals surface area contributed by atoms with Crippen LogP contribution in [0.15, 0.2) is 24.3 Å². The first-order chi connectivity index (χ1) is 10.0. The molecule has 0 aliphatic carbocycles. The summed E-state index contributed by atoms with van der Waals surface area (Å²) in [5.41, 5.74) is -0.0548. The maximum Gasteiger partial charge on any atom is 0.494 e. The number of ether oxygens (including phenoxy) is 1. The summed E-state index contributed by atoms with van der Waals surface area (Å²) in [7, 11) is -0.491. The van der Waals surface area contributed by atoms with Gasteiger partial charge in [-0.1, -0.05) is 12.1 Å². The van der Waals surface area contributed by atoms with Crippen molar-refractivity contribution in [3.63, 3.8) is 0 Å². The Hall–Kier alpha value is -1.21. The number of halogens is 3. The van der Waals surface area contributed by atoms with Gasteiger partial charge in [0.15, 0.2) is 0 Å². The van der Waals surface area contributed by atoms with Gasteiger partial charge in [0.05, 0.1) is 24.2 Å². The van der Waals surface area contributed by atoms with Gasteiger partial charge in [0.2, 0.25) is 0 Å². The van der Waals surface area contributed by atoms with Crippen LogP contribution in [0.5, 0.6) is 5.75 Å². The van der Waals surface area contributed by atoms with Gasteiger partial charge in [-0.05, 0) is 45.3 Å². The Kier molecular flexibility index (Phi) is 4.50. The molecule has 0 radical (unpaired) electrons. The van der Waals surface area contributed by atoms with E-state index in [1.54, 1.807) is 24.3 Å². The van der Waals surface area contributed by atoms with Gasteiger partial charge in [0, 0.05) is 0 Å². The molecule has 22 heavy (non-hydrogen) atoms. The fraction of sp³-hybridized carbons (Fsp3) is 0.600. The largest absolute Gasteiger partial charge is 0.494 e. The average Bonchev–Trinajstić information content (AvgIpc) is 2.58. The van der Waals surface area contributed by atoms with Crippen LogP contribution < -0.4 is 10.2 Å². The second kappa shape index (κ2) is 5.78. The first kappa shape index (κ1) is 17.2. The third-order valence-electron chi connectivity index (χ3n) is 4.06. The Bertz CT molecular complexity index is 496. The van der Waals surface area contributed by atoms with Crippen LogP contribution in [0.25, 0.3) is 0 Å². The van der Waals surface area contributed by atoms with E-state index in [0.717, 1.165) is 5.46 Å². The molecule has 0 spiro atoms. The normalized spacial score (nSPS) is 20.2. The molecule has 7 heteroatoms. The zero-order valence-corrected chi connectivity index (χ0v) is 13.2. The topological polar surface area (TPSA) is 27.7 Å². The molecule has 1 aromatic carbocycles. The minimum absolute atomic E-state index is 0.390. The number of benzene rings is 1. The van der Waals surface area contributed by atoms with Crippen LogP contribution in [0.1, 0.15) is 34.1 Å². The van der Waals surface area contributed by atoms with Crippen LogP contribution in [0.4, 0.5) is 13.2 Å². The lowest BCUT2D eigenvalue weighted by molar-refractivity contribution is -0.139. The predicted octanol–water partition coefficient (Wildman–Crippen LogP) is 3.32. The van der Waals surface area contributed by atoms with Crippen LogP contribution in [-0.2, 0) is 9.31 Å². The standard InChI is InChI=1S/C15H20BF3O3/c1-13(2)14(3,4)22-16(21-13)11-5-7-12(8-6-11)20-10-9-15(17,18)19/h5-8H,9-10H2,1-4H3. The minimum Gasteiger partial charge on any atom is -0.493 e. The van der Waals surface area contributed by atoms with E-state index in [9.17, 15) is 13.2 Å². The predicted molar refractivity (Wildman–Crippen MR) is 78.3 cm³/mol. The summed E-state index contributed by atoms with van der Waals surface area (Å²) in [6.07, 6.45) is -5.17. The van der Waals surface area contributed by atoms with E-state index in [2.05, 4.69) is 0 Å². The van der Waals surface area contributed by atoms with Crippen LogP contribution in [0, 0.1) is 0 Å². The van der Waals surface area contributed by atoms with Crippen molar-refractivity contribution in [2.45, 2.75) is 51.5 Å². The van der Waals surface area contributed by atoms with E-state index in [4.69, 9.17) is 14.0 Å². The SMILES string of the molecule is CC1(C)OB(c2ccc(OCCC(F)(F)F)cc2)OC1(C)C. The maximum absolute atomic E-state index is 12.1. The van der Waals surface area contributed by atoms with Crippen molar-refractivity contribution >= 4 is 12.6 Å². The van der Waals surface area contributed by atoms with E-state index in [1.165, 1.54) is 0 Å². The Morgan fingerprint density at radius 2 is 1.50 bits per heavy atom. The second-order valence-corrected chi connectivity index (χ2v) is 6.37. The first-order valence-electron chi connectivity index (χ1n) is 7.15. The van der Waals surface area contributed by atoms with E-state index < -0.39 is 30.9 Å². The van der Waals surface area contributed by atoms with Gasteiger partial charge in [-0.2, -0.15) is 13.2 Å². The van der Waals surface area contributed by atoms with Crippen LogP contribution in [0.3, 0.4) is 0 Å². The molecule has 1 saturated heterocycles. The van der Waals surface area contributed by atoms with E-state index in [1.807, 2.05) is 27.7 Å². The van der Waals surface area contributed by atoms with Crippen molar-refractivity contribution in [2.24, 2.45) is 0 Å². The molecule has 1 aliphatic heterocycles. The van der Waals surface area contributed by atoms with Crippen molar-refractivity contribution in [1.29, 1.82) is 0 Å². The molecule has 2 rings (SSSR count). The Labute approximate surface area is 128 Å². The van der Waals surface area contributed by atoms with Crippen LogP contribution >= 0.6 is 0 Å². The Balaban J connectivity index is 1.96. The van der Waals surface area contributed by atoms with Crippen LogP contribution in [-0.4, -0.2) is 31.1 Å². The number of alkyl halides is 3. The fourth-order valence-corrected chi connectivity index (χ4v) is 1.98. The summed E-state index contributed by atoms with van der Waals surface area (Å²) in [4.78, 5) is 0. The first-order valence-corrected chi connectivity index (χ1v) is 7.15. The van der Waals surface area contributed by atoms with Gasteiger partial charge in [-0.25, -0.2) is 0 Å². The molecule has 0 bridgehead atoms. The quantitative estimate of drug-likeness (QED) is 0.798. The summed E-state index contributed by atoms with van der Waals surface area (Å²) in [6, 6.07) is 6.73. The van der Waals surface area contributed by atoms with Crippen molar-refractivity contribution in [3.05, 3.63) is 24.3 Å². The summed E-state index contributed by atoms with van der Waals surface area (Å²) in [5, 5.41) is 0. The molecular weight excluding hydrogens is 296 g/mol. The fourth-order valence-electron chi connectivity index (χ4n) is 1.98. The molecule has 1 heterocycles. The molecule has 0 unspecified atom stereocenters. The highest BCUT2D eigenvalue weighted by Crippen LogP contribution is 2.36. The second-order valence-electron chi connectivity index (χ2n) is 6.37. The van der Waals surface area contributed by atoms with Gasteiger partial charge in [0.25, 0.3) is 0 Å². The summed E-state index contributed by atoms with van der Waals surface area (Å²) < 4.78 is 53.1. The zero-order valence-electron chi connectivity index (χ0n) is 13.2. The highest BCUT2D eigenvalue weighted by atomic mass is 19.4. The molecule has 0 atom stereocenters. The Morgan fingerprint density at radius 3 is 1.95 bits per heavy atom. The molecule has 0 N–H and O–H groups in total. The molecule has 1 fully saturated rings. The molecule has 1 aromatic rings. The van der Waals surface area contributed by atoms with Gasteiger partial charge in [0.1, 0.15) is 5.75 Å². The van der Waals surface area contributed by atoms with Crippen molar-refractivity contribution in [3.8, 4) is 5.75 Å². The Morgan fingerprint density at radius 1 is 1.00 bits per heavy atom. The van der Waals surface area contributed by atoms with E-state index in [0.29, 0.717) is 5.75 Å².